The van der Waals surface area contributed by atoms with E-state index < -0.39 is 5.91 Å². The van der Waals surface area contributed by atoms with Gasteiger partial charge in [-0.1, -0.05) is 29.8 Å². The maximum absolute atomic E-state index is 12.9. The molecule has 2 N–H and O–H groups in total. The number of anilines is 1. The van der Waals surface area contributed by atoms with Gasteiger partial charge in [0.05, 0.1) is 10.7 Å². The van der Waals surface area contributed by atoms with Crippen LogP contribution in [0.15, 0.2) is 82.3 Å². The zero-order valence-electron chi connectivity index (χ0n) is 14.5. The average Bonchev–Trinajstić information content (AvgIpc) is 2.70. The summed E-state index contributed by atoms with van der Waals surface area (Å²) in [5, 5.41) is 13.5. The summed E-state index contributed by atoms with van der Waals surface area (Å²) in [6.07, 6.45) is 1.58. The van der Waals surface area contributed by atoms with E-state index in [-0.39, 0.29) is 16.9 Å². The lowest BCUT2D eigenvalue weighted by Gasteiger charge is -2.07. The van der Waals surface area contributed by atoms with Crippen molar-refractivity contribution in [1.82, 2.24) is 4.98 Å². The van der Waals surface area contributed by atoms with Crippen LogP contribution in [0.25, 0.3) is 11.0 Å². The Morgan fingerprint density at radius 3 is 2.68 bits per heavy atom. The van der Waals surface area contributed by atoms with Gasteiger partial charge in [0, 0.05) is 17.6 Å². The third-order valence-corrected chi connectivity index (χ3v) is 4.28. The Morgan fingerprint density at radius 1 is 1.07 bits per heavy atom. The fourth-order valence-corrected chi connectivity index (χ4v) is 2.80. The Bertz CT molecular complexity index is 1240. The van der Waals surface area contributed by atoms with Gasteiger partial charge in [0.2, 0.25) is 5.55 Å². The number of phenolic OH excluding ortho intramolecular Hbond substituents is 1. The van der Waals surface area contributed by atoms with E-state index in [1.54, 1.807) is 60.8 Å². The number of amides is 1. The summed E-state index contributed by atoms with van der Waals surface area (Å²) in [5.74, 6) is 0.0239. The number of hydrogen-bond acceptors (Lipinski definition) is 5. The smallest absolute Gasteiger partial charge is 0.262 e. The molecule has 0 spiro atoms. The number of halogens is 1. The summed E-state index contributed by atoms with van der Waals surface area (Å²) in [6, 6.07) is 18.5. The minimum atomic E-state index is -0.428. The van der Waals surface area contributed by atoms with Gasteiger partial charge < -0.3 is 14.8 Å². The number of nitrogens with one attached hydrogen (secondary N) is 1. The molecule has 0 atom stereocenters. The van der Waals surface area contributed by atoms with E-state index in [2.05, 4.69) is 15.3 Å². The predicted molar refractivity (Wildman–Crippen MR) is 107 cm³/mol. The first-order chi connectivity index (χ1) is 13.6. The number of phenols is 1. The first kappa shape index (κ1) is 17.8. The second-order valence-corrected chi connectivity index (χ2v) is 6.33. The highest BCUT2D eigenvalue weighted by Crippen LogP contribution is 2.24. The Hall–Kier alpha value is -3.64. The summed E-state index contributed by atoms with van der Waals surface area (Å²) >= 11 is 6.19. The average molecular weight is 392 g/mol. The molecular formula is C21H14ClN3O3. The highest BCUT2D eigenvalue weighted by atomic mass is 35.5. The van der Waals surface area contributed by atoms with Crippen molar-refractivity contribution in [3.63, 3.8) is 0 Å². The highest BCUT2D eigenvalue weighted by molar-refractivity contribution is 6.32. The van der Waals surface area contributed by atoms with Gasteiger partial charge in [0.15, 0.2) is 0 Å². The van der Waals surface area contributed by atoms with Crippen LogP contribution in [-0.4, -0.2) is 16.0 Å². The van der Waals surface area contributed by atoms with Crippen LogP contribution in [0.1, 0.15) is 10.4 Å². The number of aromatic hydroxyl groups is 1. The molecule has 7 heteroatoms. The Morgan fingerprint density at radius 2 is 1.89 bits per heavy atom. The van der Waals surface area contributed by atoms with Gasteiger partial charge in [-0.3, -0.25) is 4.79 Å². The third-order valence-electron chi connectivity index (χ3n) is 3.96. The van der Waals surface area contributed by atoms with Gasteiger partial charge >= 0.3 is 0 Å². The summed E-state index contributed by atoms with van der Waals surface area (Å²) in [6.45, 7) is 0. The van der Waals surface area contributed by atoms with Gasteiger partial charge in [0.1, 0.15) is 22.7 Å². The van der Waals surface area contributed by atoms with Crippen molar-refractivity contribution in [2.45, 2.75) is 0 Å². The van der Waals surface area contributed by atoms with Crippen LogP contribution >= 0.6 is 11.6 Å². The van der Waals surface area contributed by atoms with E-state index in [1.807, 2.05) is 0 Å². The second kappa shape index (κ2) is 7.54. The largest absolute Gasteiger partial charge is 0.508 e. The van der Waals surface area contributed by atoms with Gasteiger partial charge in [-0.25, -0.2) is 9.98 Å². The maximum atomic E-state index is 12.9. The minimum Gasteiger partial charge on any atom is -0.508 e. The number of carbonyl (C=O) groups is 1. The molecule has 0 fully saturated rings. The van der Waals surface area contributed by atoms with Crippen LogP contribution in [0.5, 0.6) is 5.75 Å². The number of hydrogen-bond donors (Lipinski definition) is 2. The molecule has 2 aromatic carbocycles. The van der Waals surface area contributed by atoms with Crippen molar-refractivity contribution in [1.29, 1.82) is 0 Å². The Labute approximate surface area is 164 Å². The van der Waals surface area contributed by atoms with E-state index in [1.165, 1.54) is 12.1 Å². The van der Waals surface area contributed by atoms with Crippen molar-refractivity contribution in [3.05, 3.63) is 89.1 Å². The standard InChI is InChI=1S/C21H14ClN3O3/c22-16-5-1-2-6-17(16)24-21-15(20(27)25-19-7-3-4-10-23-19)11-13-8-9-14(26)12-18(13)28-21/h1-12,26H,(H,23,25,27). The van der Waals surface area contributed by atoms with E-state index >= 15 is 0 Å². The molecule has 0 unspecified atom stereocenters. The number of para-hydroxylation sites is 1. The molecule has 2 heterocycles. The van der Waals surface area contributed by atoms with Crippen molar-refractivity contribution in [2.75, 3.05) is 5.32 Å². The van der Waals surface area contributed by atoms with Crippen LogP contribution in [0.3, 0.4) is 0 Å². The monoisotopic (exact) mass is 391 g/mol. The van der Waals surface area contributed by atoms with Gasteiger partial charge in [-0.2, -0.15) is 0 Å². The minimum absolute atomic E-state index is 0.0469. The van der Waals surface area contributed by atoms with Crippen LogP contribution in [0.2, 0.25) is 5.02 Å². The Balaban J connectivity index is 1.89. The van der Waals surface area contributed by atoms with Gasteiger partial charge in [-0.05, 0) is 42.5 Å². The summed E-state index contributed by atoms with van der Waals surface area (Å²) < 4.78 is 5.82. The molecule has 4 rings (SSSR count). The summed E-state index contributed by atoms with van der Waals surface area (Å²) in [7, 11) is 0. The maximum Gasteiger partial charge on any atom is 0.262 e. The molecule has 0 saturated heterocycles. The number of carbonyl (C=O) groups excluding carboxylic acids is 1. The van der Waals surface area contributed by atoms with Crippen LogP contribution in [-0.2, 0) is 0 Å². The number of benzene rings is 2. The van der Waals surface area contributed by atoms with Crippen LogP contribution in [0, 0.1) is 0 Å². The highest BCUT2D eigenvalue weighted by Gasteiger charge is 2.14. The SMILES string of the molecule is O=C(Nc1ccccn1)c1cc2ccc(O)cc2oc1=Nc1ccccc1Cl. The fraction of sp³-hybridized carbons (Fsp3) is 0. The normalized spacial score (nSPS) is 11.5. The topological polar surface area (TPSA) is 87.7 Å². The van der Waals surface area contributed by atoms with Gasteiger partial charge in [-0.15, -0.1) is 0 Å². The third kappa shape index (κ3) is 3.72. The van der Waals surface area contributed by atoms with Crippen LogP contribution < -0.4 is 10.9 Å². The molecule has 6 nitrogen and oxygen atoms in total. The first-order valence-electron chi connectivity index (χ1n) is 8.39. The number of aromatic nitrogens is 1. The van der Waals surface area contributed by atoms with Gasteiger partial charge in [0.25, 0.3) is 5.91 Å². The molecule has 0 aliphatic carbocycles. The molecule has 0 aliphatic rings. The predicted octanol–water partition coefficient (Wildman–Crippen LogP) is 4.67. The zero-order chi connectivity index (χ0) is 19.5. The van der Waals surface area contributed by atoms with Crippen molar-refractivity contribution in [2.24, 2.45) is 4.99 Å². The lowest BCUT2D eigenvalue weighted by atomic mass is 10.1. The van der Waals surface area contributed by atoms with E-state index in [0.29, 0.717) is 27.5 Å². The molecule has 0 saturated carbocycles. The van der Waals surface area contributed by atoms with E-state index in [4.69, 9.17) is 16.0 Å². The molecule has 0 aliphatic heterocycles. The number of pyridine rings is 1. The van der Waals surface area contributed by atoms with E-state index in [0.717, 1.165) is 0 Å². The Kier molecular flexibility index (Phi) is 4.78. The number of nitrogens with zero attached hydrogens (tertiary/aromatic N) is 2. The number of rotatable bonds is 3. The summed E-state index contributed by atoms with van der Waals surface area (Å²) in [4.78, 5) is 21.4. The van der Waals surface area contributed by atoms with Crippen molar-refractivity contribution in [3.8, 4) is 5.75 Å². The zero-order valence-corrected chi connectivity index (χ0v) is 15.2. The molecule has 2 aromatic heterocycles. The molecule has 4 aromatic rings. The molecular weight excluding hydrogens is 378 g/mol. The lowest BCUT2D eigenvalue weighted by molar-refractivity contribution is 0.102. The quantitative estimate of drug-likeness (QED) is 0.531. The molecule has 0 bridgehead atoms. The van der Waals surface area contributed by atoms with Crippen molar-refractivity contribution >= 4 is 40.0 Å². The summed E-state index contributed by atoms with van der Waals surface area (Å²) in [5.41, 5.74) is 1.13. The lowest BCUT2D eigenvalue weighted by Crippen LogP contribution is -2.22. The number of fused-ring (bicyclic) bond motifs is 1. The van der Waals surface area contributed by atoms with Crippen molar-refractivity contribution < 1.29 is 14.3 Å². The van der Waals surface area contributed by atoms with Crippen LogP contribution in [0.4, 0.5) is 11.5 Å². The molecule has 138 valence electrons. The molecule has 1 amide bonds. The molecule has 0 radical (unpaired) electrons. The molecule has 28 heavy (non-hydrogen) atoms. The fourth-order valence-electron chi connectivity index (χ4n) is 2.62. The second-order valence-electron chi connectivity index (χ2n) is 5.92. The van der Waals surface area contributed by atoms with E-state index in [9.17, 15) is 9.90 Å². The first-order valence-corrected chi connectivity index (χ1v) is 8.76.